The maximum Gasteiger partial charge on any atom is 0.333 e. The average molecular weight is 286 g/mol. The van der Waals surface area contributed by atoms with E-state index in [0.717, 1.165) is 16.9 Å². The van der Waals surface area contributed by atoms with Crippen molar-refractivity contribution in [2.24, 2.45) is 0 Å². The molecule has 0 fully saturated rings. The predicted molar refractivity (Wildman–Crippen MR) is 80.3 cm³/mol. The van der Waals surface area contributed by atoms with Crippen molar-refractivity contribution in [2.75, 3.05) is 19.5 Å². The molecule has 2 aromatic rings. The van der Waals surface area contributed by atoms with Crippen LogP contribution in [0, 0.1) is 6.92 Å². The van der Waals surface area contributed by atoms with Crippen LogP contribution in [-0.4, -0.2) is 25.2 Å². The molecule has 1 heterocycles. The summed E-state index contributed by atoms with van der Waals surface area (Å²) in [5, 5.41) is 3.15. The van der Waals surface area contributed by atoms with Crippen LogP contribution in [0.25, 0.3) is 0 Å². The number of nitrogens with one attached hydrogen (secondary N) is 1. The Morgan fingerprint density at radius 3 is 2.67 bits per heavy atom. The molecule has 5 nitrogen and oxygen atoms in total. The number of rotatable bonds is 5. The van der Waals surface area contributed by atoms with Crippen molar-refractivity contribution in [2.45, 2.75) is 13.0 Å². The standard InChI is InChI=1S/C16H18N2O3/c1-11-7-8-12(10-17-11)15(16(19)21-3)18-13-5-4-6-14(9-13)20-2/h4-10,15,18H,1-3H3. The molecule has 1 aromatic heterocycles. The highest BCUT2D eigenvalue weighted by Crippen LogP contribution is 2.23. The summed E-state index contributed by atoms with van der Waals surface area (Å²) in [5.74, 6) is 0.342. The lowest BCUT2D eigenvalue weighted by molar-refractivity contribution is -0.141. The van der Waals surface area contributed by atoms with E-state index in [2.05, 4.69) is 10.3 Å². The summed E-state index contributed by atoms with van der Waals surface area (Å²) >= 11 is 0. The van der Waals surface area contributed by atoms with Crippen molar-refractivity contribution in [3.05, 3.63) is 53.9 Å². The molecule has 0 aliphatic heterocycles. The number of esters is 1. The van der Waals surface area contributed by atoms with Gasteiger partial charge in [-0.2, -0.15) is 0 Å². The third kappa shape index (κ3) is 3.72. The number of carbonyl (C=O) groups is 1. The number of methoxy groups -OCH3 is 2. The van der Waals surface area contributed by atoms with Gasteiger partial charge in [-0.15, -0.1) is 0 Å². The van der Waals surface area contributed by atoms with Gasteiger partial charge in [0.15, 0.2) is 6.04 Å². The summed E-state index contributed by atoms with van der Waals surface area (Å²) in [5.41, 5.74) is 2.41. The van der Waals surface area contributed by atoms with Gasteiger partial charge in [0.25, 0.3) is 0 Å². The van der Waals surface area contributed by atoms with Gasteiger partial charge in [-0.1, -0.05) is 12.1 Å². The second kappa shape index (κ2) is 6.74. The van der Waals surface area contributed by atoms with Gasteiger partial charge in [0.2, 0.25) is 0 Å². The van der Waals surface area contributed by atoms with E-state index in [9.17, 15) is 4.79 Å². The second-order valence-corrected chi connectivity index (χ2v) is 4.57. The number of pyridine rings is 1. The topological polar surface area (TPSA) is 60.5 Å². The zero-order valence-corrected chi connectivity index (χ0v) is 12.3. The highest BCUT2D eigenvalue weighted by atomic mass is 16.5. The van der Waals surface area contributed by atoms with Crippen LogP contribution < -0.4 is 10.1 Å². The van der Waals surface area contributed by atoms with Gasteiger partial charge >= 0.3 is 5.97 Å². The third-order valence-electron chi connectivity index (χ3n) is 3.09. The average Bonchev–Trinajstić information content (AvgIpc) is 2.53. The van der Waals surface area contributed by atoms with E-state index in [1.54, 1.807) is 13.3 Å². The Hall–Kier alpha value is -2.56. The van der Waals surface area contributed by atoms with E-state index in [1.165, 1.54) is 7.11 Å². The molecular weight excluding hydrogens is 268 g/mol. The van der Waals surface area contributed by atoms with E-state index in [0.29, 0.717) is 5.75 Å². The van der Waals surface area contributed by atoms with Gasteiger partial charge < -0.3 is 14.8 Å². The summed E-state index contributed by atoms with van der Waals surface area (Å²) in [6.45, 7) is 1.90. The molecule has 0 spiro atoms. The number of hydrogen-bond acceptors (Lipinski definition) is 5. The molecule has 1 aromatic carbocycles. The zero-order chi connectivity index (χ0) is 15.2. The molecule has 0 saturated carbocycles. The maximum absolute atomic E-state index is 12.0. The first-order valence-electron chi connectivity index (χ1n) is 6.55. The Morgan fingerprint density at radius 1 is 1.24 bits per heavy atom. The number of aryl methyl sites for hydroxylation is 1. The van der Waals surface area contributed by atoms with E-state index in [4.69, 9.17) is 9.47 Å². The first kappa shape index (κ1) is 14.8. The van der Waals surface area contributed by atoms with Gasteiger partial charge in [-0.25, -0.2) is 4.79 Å². The van der Waals surface area contributed by atoms with Gasteiger partial charge in [-0.3, -0.25) is 4.98 Å². The number of carbonyl (C=O) groups excluding carboxylic acids is 1. The van der Waals surface area contributed by atoms with E-state index < -0.39 is 6.04 Å². The lowest BCUT2D eigenvalue weighted by Crippen LogP contribution is -2.22. The van der Waals surface area contributed by atoms with E-state index >= 15 is 0 Å². The maximum atomic E-state index is 12.0. The van der Waals surface area contributed by atoms with Crippen molar-refractivity contribution < 1.29 is 14.3 Å². The molecule has 0 aliphatic carbocycles. The fourth-order valence-corrected chi connectivity index (χ4v) is 1.93. The van der Waals surface area contributed by atoms with Crippen molar-refractivity contribution in [1.29, 1.82) is 0 Å². The van der Waals surface area contributed by atoms with Crippen molar-refractivity contribution in [3.8, 4) is 5.75 Å². The molecule has 1 atom stereocenters. The number of aromatic nitrogens is 1. The molecule has 0 saturated heterocycles. The number of anilines is 1. The highest BCUT2D eigenvalue weighted by Gasteiger charge is 2.21. The zero-order valence-electron chi connectivity index (χ0n) is 12.3. The van der Waals surface area contributed by atoms with Gasteiger partial charge in [0, 0.05) is 29.2 Å². The Balaban J connectivity index is 2.28. The predicted octanol–water partition coefficient (Wildman–Crippen LogP) is 2.72. The van der Waals surface area contributed by atoms with Gasteiger partial charge in [0.05, 0.1) is 14.2 Å². The summed E-state index contributed by atoms with van der Waals surface area (Å²) in [4.78, 5) is 16.2. The second-order valence-electron chi connectivity index (χ2n) is 4.57. The fraction of sp³-hybridized carbons (Fsp3) is 0.250. The monoisotopic (exact) mass is 286 g/mol. The largest absolute Gasteiger partial charge is 0.497 e. The lowest BCUT2D eigenvalue weighted by atomic mass is 10.1. The molecule has 2 rings (SSSR count). The summed E-state index contributed by atoms with van der Waals surface area (Å²) in [7, 11) is 2.96. The Labute approximate surface area is 123 Å². The van der Waals surface area contributed by atoms with Crippen LogP contribution in [-0.2, 0) is 9.53 Å². The molecule has 0 bridgehead atoms. The molecule has 1 unspecified atom stereocenters. The van der Waals surface area contributed by atoms with Crippen molar-refractivity contribution in [3.63, 3.8) is 0 Å². The quantitative estimate of drug-likeness (QED) is 0.856. The highest BCUT2D eigenvalue weighted by molar-refractivity contribution is 5.81. The first-order chi connectivity index (χ1) is 10.1. The fourth-order valence-electron chi connectivity index (χ4n) is 1.93. The van der Waals surface area contributed by atoms with Crippen LogP contribution in [0.1, 0.15) is 17.3 Å². The molecule has 1 N–H and O–H groups in total. The number of benzene rings is 1. The first-order valence-corrected chi connectivity index (χ1v) is 6.55. The minimum Gasteiger partial charge on any atom is -0.497 e. The summed E-state index contributed by atoms with van der Waals surface area (Å²) < 4.78 is 10.0. The minimum atomic E-state index is -0.616. The summed E-state index contributed by atoms with van der Waals surface area (Å²) in [6.07, 6.45) is 1.67. The van der Waals surface area contributed by atoms with Crippen molar-refractivity contribution >= 4 is 11.7 Å². The van der Waals surface area contributed by atoms with Gasteiger partial charge in [0.1, 0.15) is 5.75 Å². The van der Waals surface area contributed by atoms with Crippen LogP contribution in [0.15, 0.2) is 42.6 Å². The Morgan fingerprint density at radius 2 is 2.05 bits per heavy atom. The molecule has 0 aliphatic rings. The minimum absolute atomic E-state index is 0.372. The molecule has 0 amide bonds. The number of nitrogens with zero attached hydrogens (tertiary/aromatic N) is 1. The van der Waals surface area contributed by atoms with Crippen LogP contribution in [0.2, 0.25) is 0 Å². The molecule has 110 valence electrons. The number of hydrogen-bond donors (Lipinski definition) is 1. The van der Waals surface area contributed by atoms with Crippen LogP contribution in [0.5, 0.6) is 5.75 Å². The Bertz CT molecular complexity index is 611. The SMILES string of the molecule is COC(=O)C(Nc1cccc(OC)c1)c1ccc(C)nc1. The van der Waals surface area contributed by atoms with Crippen molar-refractivity contribution in [1.82, 2.24) is 4.98 Å². The Kier molecular flexibility index (Phi) is 4.77. The van der Waals surface area contributed by atoms with E-state index in [-0.39, 0.29) is 5.97 Å². The van der Waals surface area contributed by atoms with Gasteiger partial charge in [-0.05, 0) is 25.1 Å². The van der Waals surface area contributed by atoms with E-state index in [1.807, 2.05) is 43.3 Å². The molecule has 0 radical (unpaired) electrons. The van der Waals surface area contributed by atoms with Crippen LogP contribution >= 0.6 is 0 Å². The summed E-state index contributed by atoms with van der Waals surface area (Å²) in [6, 6.07) is 10.5. The third-order valence-corrected chi connectivity index (χ3v) is 3.09. The molecular formula is C16H18N2O3. The normalized spacial score (nSPS) is 11.6. The van der Waals surface area contributed by atoms with Crippen LogP contribution in [0.3, 0.4) is 0 Å². The molecule has 21 heavy (non-hydrogen) atoms. The van der Waals surface area contributed by atoms with Crippen LogP contribution in [0.4, 0.5) is 5.69 Å². The molecule has 5 heteroatoms. The lowest BCUT2D eigenvalue weighted by Gasteiger charge is -2.18. The smallest absolute Gasteiger partial charge is 0.333 e. The number of ether oxygens (including phenoxy) is 2.